The lowest BCUT2D eigenvalue weighted by Gasteiger charge is -2.07. The molecule has 3 rings (SSSR count). The Balaban J connectivity index is 1.84. The SMILES string of the molecule is N#C/C(=C/c1ccc(Oc2ccc([N+](=O)[O-])cc2[N+](=O)[O-])cc1)c1ccc(I)cc1. The van der Waals surface area contributed by atoms with Crippen molar-refractivity contribution in [3.8, 4) is 17.6 Å². The van der Waals surface area contributed by atoms with Gasteiger partial charge in [-0.2, -0.15) is 5.26 Å². The summed E-state index contributed by atoms with van der Waals surface area (Å²) in [6, 6.07) is 19.5. The molecule has 3 aromatic rings. The molecule has 8 nitrogen and oxygen atoms in total. The van der Waals surface area contributed by atoms with Gasteiger partial charge in [0.25, 0.3) is 5.69 Å². The summed E-state index contributed by atoms with van der Waals surface area (Å²) in [6.07, 6.45) is 1.72. The molecule has 0 saturated heterocycles. The lowest BCUT2D eigenvalue weighted by atomic mass is 10.0. The number of benzene rings is 3. The first kappa shape index (κ1) is 20.9. The van der Waals surface area contributed by atoms with Crippen LogP contribution in [0.1, 0.15) is 11.1 Å². The van der Waals surface area contributed by atoms with Gasteiger partial charge < -0.3 is 4.74 Å². The van der Waals surface area contributed by atoms with Gasteiger partial charge in [0.15, 0.2) is 0 Å². The number of hydrogen-bond acceptors (Lipinski definition) is 6. The molecule has 0 heterocycles. The van der Waals surface area contributed by atoms with Crippen LogP contribution in [0.5, 0.6) is 11.5 Å². The third-order valence-corrected chi connectivity index (χ3v) is 4.76. The number of halogens is 1. The number of ether oxygens (including phenoxy) is 1. The average molecular weight is 513 g/mol. The zero-order chi connectivity index (χ0) is 21.7. The van der Waals surface area contributed by atoms with Crippen molar-refractivity contribution in [1.29, 1.82) is 5.26 Å². The molecule has 0 N–H and O–H groups in total. The number of hydrogen-bond donors (Lipinski definition) is 0. The van der Waals surface area contributed by atoms with Gasteiger partial charge in [-0.15, -0.1) is 0 Å². The molecule has 0 saturated carbocycles. The summed E-state index contributed by atoms with van der Waals surface area (Å²) in [5, 5.41) is 31.5. The van der Waals surface area contributed by atoms with Crippen LogP contribution in [0.4, 0.5) is 11.4 Å². The van der Waals surface area contributed by atoms with Crippen molar-refractivity contribution in [2.75, 3.05) is 0 Å². The number of rotatable bonds is 6. The molecule has 0 aromatic heterocycles. The predicted octanol–water partition coefficient (Wildman–Crippen LogP) is 5.96. The lowest BCUT2D eigenvalue weighted by molar-refractivity contribution is -0.394. The van der Waals surface area contributed by atoms with Crippen LogP contribution < -0.4 is 4.74 Å². The number of nitriles is 1. The molecule has 30 heavy (non-hydrogen) atoms. The van der Waals surface area contributed by atoms with Crippen molar-refractivity contribution >= 4 is 45.6 Å². The maximum absolute atomic E-state index is 11.2. The molecule has 0 unspecified atom stereocenters. The monoisotopic (exact) mass is 513 g/mol. The molecule has 0 aliphatic carbocycles. The summed E-state index contributed by atoms with van der Waals surface area (Å²) in [5.74, 6) is 0.211. The van der Waals surface area contributed by atoms with Gasteiger partial charge in [0.05, 0.1) is 27.6 Å². The van der Waals surface area contributed by atoms with Crippen LogP contribution in [0.3, 0.4) is 0 Å². The highest BCUT2D eigenvalue weighted by Crippen LogP contribution is 2.34. The first-order valence-electron chi connectivity index (χ1n) is 8.46. The minimum absolute atomic E-state index is 0.106. The Morgan fingerprint density at radius 2 is 1.63 bits per heavy atom. The Bertz CT molecular complexity index is 1180. The molecular formula is C21H12IN3O5. The normalized spacial score (nSPS) is 10.9. The number of nitro groups is 2. The van der Waals surface area contributed by atoms with E-state index in [1.807, 2.05) is 24.3 Å². The fourth-order valence-electron chi connectivity index (χ4n) is 2.58. The van der Waals surface area contributed by atoms with Gasteiger partial charge in [0, 0.05) is 9.64 Å². The standard InChI is InChI=1S/C21H12IN3O5/c22-17-5-3-15(4-6-17)16(13-23)11-14-1-8-19(9-2-14)30-21-10-7-18(24(26)27)12-20(21)25(28)29/h1-12H/b16-11-. The van der Waals surface area contributed by atoms with E-state index in [9.17, 15) is 25.5 Å². The Morgan fingerprint density at radius 3 is 2.20 bits per heavy atom. The molecule has 0 aliphatic heterocycles. The van der Waals surface area contributed by atoms with E-state index in [0.717, 1.165) is 26.8 Å². The largest absolute Gasteiger partial charge is 0.450 e. The van der Waals surface area contributed by atoms with Crippen molar-refractivity contribution in [1.82, 2.24) is 0 Å². The predicted molar refractivity (Wildman–Crippen MR) is 119 cm³/mol. The van der Waals surface area contributed by atoms with E-state index in [0.29, 0.717) is 11.3 Å². The quantitative estimate of drug-likeness (QED) is 0.132. The maximum atomic E-state index is 11.2. The summed E-state index contributed by atoms with van der Waals surface area (Å²) in [6.45, 7) is 0. The van der Waals surface area contributed by atoms with Crippen molar-refractivity contribution < 1.29 is 14.6 Å². The number of nitro benzene ring substituents is 2. The van der Waals surface area contributed by atoms with Gasteiger partial charge in [0.1, 0.15) is 5.75 Å². The third kappa shape index (κ3) is 4.98. The minimum atomic E-state index is -0.736. The summed E-state index contributed by atoms with van der Waals surface area (Å²) < 4.78 is 6.60. The highest BCUT2D eigenvalue weighted by atomic mass is 127. The fourth-order valence-corrected chi connectivity index (χ4v) is 2.94. The zero-order valence-electron chi connectivity index (χ0n) is 15.2. The van der Waals surface area contributed by atoms with Crippen molar-refractivity contribution in [2.24, 2.45) is 0 Å². The van der Waals surface area contributed by atoms with E-state index in [4.69, 9.17) is 4.74 Å². The van der Waals surface area contributed by atoms with Gasteiger partial charge in [-0.05, 0) is 70.1 Å². The molecule has 148 valence electrons. The molecule has 0 amide bonds. The molecule has 0 aliphatic rings. The molecule has 0 fully saturated rings. The van der Waals surface area contributed by atoms with E-state index in [2.05, 4.69) is 28.7 Å². The molecule has 3 aromatic carbocycles. The number of allylic oxidation sites excluding steroid dienone is 1. The van der Waals surface area contributed by atoms with E-state index in [-0.39, 0.29) is 5.75 Å². The maximum Gasteiger partial charge on any atom is 0.318 e. The van der Waals surface area contributed by atoms with Crippen LogP contribution in [0.25, 0.3) is 11.6 Å². The minimum Gasteiger partial charge on any atom is -0.450 e. The zero-order valence-corrected chi connectivity index (χ0v) is 17.3. The van der Waals surface area contributed by atoms with Crippen molar-refractivity contribution in [3.63, 3.8) is 0 Å². The van der Waals surface area contributed by atoms with Crippen LogP contribution in [0.15, 0.2) is 66.7 Å². The summed E-state index contributed by atoms with van der Waals surface area (Å²) in [5.41, 5.74) is 1.13. The van der Waals surface area contributed by atoms with Gasteiger partial charge in [-0.1, -0.05) is 24.3 Å². The van der Waals surface area contributed by atoms with Gasteiger partial charge >= 0.3 is 5.69 Å². The molecule has 0 spiro atoms. The van der Waals surface area contributed by atoms with E-state index in [1.165, 1.54) is 6.07 Å². The van der Waals surface area contributed by atoms with Crippen LogP contribution >= 0.6 is 22.6 Å². The molecule has 0 atom stereocenters. The summed E-state index contributed by atoms with van der Waals surface area (Å²) in [4.78, 5) is 20.6. The van der Waals surface area contributed by atoms with Crippen LogP contribution in [0, 0.1) is 35.1 Å². The van der Waals surface area contributed by atoms with Gasteiger partial charge in [-0.3, -0.25) is 20.2 Å². The fraction of sp³-hybridized carbons (Fsp3) is 0. The van der Waals surface area contributed by atoms with Gasteiger partial charge in [-0.25, -0.2) is 0 Å². The van der Waals surface area contributed by atoms with E-state index < -0.39 is 21.2 Å². The number of non-ortho nitro benzene ring substituents is 1. The second kappa shape index (κ2) is 9.15. The molecule has 0 radical (unpaired) electrons. The Morgan fingerprint density at radius 1 is 0.967 bits per heavy atom. The third-order valence-electron chi connectivity index (χ3n) is 4.04. The Hall–Kier alpha value is -3.78. The topological polar surface area (TPSA) is 119 Å². The van der Waals surface area contributed by atoms with E-state index >= 15 is 0 Å². The second-order valence-electron chi connectivity index (χ2n) is 6.01. The highest BCUT2D eigenvalue weighted by molar-refractivity contribution is 14.1. The van der Waals surface area contributed by atoms with Crippen LogP contribution in [0.2, 0.25) is 0 Å². The first-order chi connectivity index (χ1) is 14.4. The number of nitrogens with zero attached hydrogens (tertiary/aromatic N) is 3. The van der Waals surface area contributed by atoms with Crippen LogP contribution in [-0.2, 0) is 0 Å². The van der Waals surface area contributed by atoms with Crippen molar-refractivity contribution in [2.45, 2.75) is 0 Å². The summed E-state index contributed by atoms with van der Waals surface area (Å²) >= 11 is 2.19. The highest BCUT2D eigenvalue weighted by Gasteiger charge is 2.21. The molecular weight excluding hydrogens is 501 g/mol. The second-order valence-corrected chi connectivity index (χ2v) is 7.26. The average Bonchev–Trinajstić information content (AvgIpc) is 2.74. The van der Waals surface area contributed by atoms with E-state index in [1.54, 1.807) is 30.3 Å². The Kier molecular flexibility index (Phi) is 6.38. The lowest BCUT2D eigenvalue weighted by Crippen LogP contribution is -1.96. The Labute approximate surface area is 184 Å². The van der Waals surface area contributed by atoms with Crippen LogP contribution in [-0.4, -0.2) is 9.85 Å². The first-order valence-corrected chi connectivity index (χ1v) is 9.54. The molecule has 9 heteroatoms. The summed E-state index contributed by atoms with van der Waals surface area (Å²) in [7, 11) is 0. The molecule has 0 bridgehead atoms. The van der Waals surface area contributed by atoms with Gasteiger partial charge in [0.2, 0.25) is 5.75 Å². The smallest absolute Gasteiger partial charge is 0.318 e. The van der Waals surface area contributed by atoms with Crippen molar-refractivity contribution in [3.05, 3.63) is 102 Å².